The molecular formula is C10H11N3O4S. The number of nitrogens with one attached hydrogen (secondary N) is 1. The van der Waals surface area contributed by atoms with Crippen molar-refractivity contribution in [2.24, 2.45) is 0 Å². The Hall–Kier alpha value is -2.14. The Morgan fingerprint density at radius 1 is 1.67 bits per heavy atom. The summed E-state index contributed by atoms with van der Waals surface area (Å²) in [5.41, 5.74) is -0.562. The summed E-state index contributed by atoms with van der Waals surface area (Å²) in [5, 5.41) is 16.3. The van der Waals surface area contributed by atoms with Crippen LogP contribution in [-0.4, -0.2) is 29.7 Å². The normalized spacial score (nSPS) is 12.4. The average Bonchev–Trinajstić information content (AvgIpc) is 2.29. The summed E-state index contributed by atoms with van der Waals surface area (Å²) in [5.74, 6) is -1.35. The number of carbonyl (C=O) groups is 1. The Labute approximate surface area is 104 Å². The lowest BCUT2D eigenvalue weighted by Gasteiger charge is -2.12. The van der Waals surface area contributed by atoms with Crippen LogP contribution >= 0.6 is 0 Å². The predicted molar refractivity (Wildman–Crippen MR) is 63.4 cm³/mol. The van der Waals surface area contributed by atoms with Gasteiger partial charge in [-0.25, -0.2) is 18.2 Å². The van der Waals surface area contributed by atoms with E-state index >= 15 is 0 Å². The first-order valence-corrected chi connectivity index (χ1v) is 6.56. The van der Waals surface area contributed by atoms with Gasteiger partial charge in [-0.2, -0.15) is 5.26 Å². The number of hydrogen-bond acceptors (Lipinski definition) is 5. The van der Waals surface area contributed by atoms with Crippen LogP contribution < -0.4 is 4.72 Å². The van der Waals surface area contributed by atoms with Crippen molar-refractivity contribution in [1.29, 1.82) is 5.26 Å². The first-order valence-electron chi connectivity index (χ1n) is 5.02. The van der Waals surface area contributed by atoms with E-state index < -0.39 is 26.9 Å². The number of carboxylic acid groups (broad SMARTS) is 1. The molecule has 0 bridgehead atoms. The molecule has 2 N–H and O–H groups in total. The lowest BCUT2D eigenvalue weighted by molar-refractivity contribution is 0.0692. The highest BCUT2D eigenvalue weighted by Crippen LogP contribution is 2.16. The summed E-state index contributed by atoms with van der Waals surface area (Å²) < 4.78 is 25.6. The first kappa shape index (κ1) is 13.9. The van der Waals surface area contributed by atoms with Gasteiger partial charge in [0.25, 0.3) is 0 Å². The van der Waals surface area contributed by atoms with Gasteiger partial charge >= 0.3 is 5.97 Å². The van der Waals surface area contributed by atoms with Gasteiger partial charge < -0.3 is 5.11 Å². The summed E-state index contributed by atoms with van der Waals surface area (Å²) >= 11 is 0. The van der Waals surface area contributed by atoms with Crippen molar-refractivity contribution in [1.82, 2.24) is 4.98 Å². The number of anilines is 1. The van der Waals surface area contributed by atoms with Gasteiger partial charge in [0.1, 0.15) is 0 Å². The van der Waals surface area contributed by atoms with E-state index in [1.165, 1.54) is 18.3 Å². The van der Waals surface area contributed by atoms with Gasteiger partial charge in [-0.15, -0.1) is 0 Å². The molecule has 1 rings (SSSR count). The maximum Gasteiger partial charge on any atom is 0.356 e. The summed E-state index contributed by atoms with van der Waals surface area (Å²) in [4.78, 5) is 14.4. The fourth-order valence-electron chi connectivity index (χ4n) is 1.26. The second kappa shape index (κ2) is 5.46. The molecule has 1 heterocycles. The number of hydrogen-bond donors (Lipinski definition) is 2. The summed E-state index contributed by atoms with van der Waals surface area (Å²) in [6.07, 6.45) is 1.34. The molecule has 8 heteroatoms. The minimum atomic E-state index is -3.95. The van der Waals surface area contributed by atoms with Crippen LogP contribution in [-0.2, 0) is 10.0 Å². The van der Waals surface area contributed by atoms with Gasteiger partial charge in [-0.05, 0) is 18.6 Å². The van der Waals surface area contributed by atoms with Gasteiger partial charge in [0.15, 0.2) is 10.9 Å². The fraction of sp³-hybridized carbons (Fsp3) is 0.300. The number of rotatable bonds is 5. The van der Waals surface area contributed by atoms with E-state index in [1.807, 2.05) is 0 Å². The molecule has 96 valence electrons. The Kier molecular flexibility index (Phi) is 4.23. The second-order valence-electron chi connectivity index (χ2n) is 3.38. The van der Waals surface area contributed by atoms with Gasteiger partial charge in [0.2, 0.25) is 10.0 Å². The third-order valence-corrected chi connectivity index (χ3v) is 3.84. The van der Waals surface area contributed by atoms with Crippen molar-refractivity contribution >= 4 is 21.7 Å². The number of nitrogens with zero attached hydrogens (tertiary/aromatic N) is 2. The van der Waals surface area contributed by atoms with E-state index in [2.05, 4.69) is 9.71 Å². The number of aromatic nitrogens is 1. The zero-order valence-corrected chi connectivity index (χ0v) is 10.3. The van der Waals surface area contributed by atoms with Crippen molar-refractivity contribution in [3.8, 4) is 6.07 Å². The number of sulfonamides is 1. The van der Waals surface area contributed by atoms with E-state index in [0.717, 1.165) is 0 Å². The molecule has 18 heavy (non-hydrogen) atoms. The lowest BCUT2D eigenvalue weighted by Crippen LogP contribution is -2.27. The molecule has 0 aromatic carbocycles. The van der Waals surface area contributed by atoms with Crippen LogP contribution in [0.2, 0.25) is 0 Å². The van der Waals surface area contributed by atoms with E-state index in [-0.39, 0.29) is 12.1 Å². The van der Waals surface area contributed by atoms with Gasteiger partial charge in [-0.3, -0.25) is 4.72 Å². The molecule has 0 aliphatic rings. The molecule has 0 saturated carbocycles. The van der Waals surface area contributed by atoms with Crippen molar-refractivity contribution in [3.05, 3.63) is 24.0 Å². The lowest BCUT2D eigenvalue weighted by atomic mass is 10.3. The Balaban J connectivity index is 3.13. The summed E-state index contributed by atoms with van der Waals surface area (Å²) in [7, 11) is -3.95. The molecule has 0 fully saturated rings. The number of carboxylic acids is 1. The van der Waals surface area contributed by atoms with Crippen LogP contribution in [0.1, 0.15) is 23.8 Å². The third-order valence-electron chi connectivity index (χ3n) is 2.15. The molecule has 0 saturated heterocycles. The molecule has 0 aliphatic heterocycles. The standard InChI is InChI=1S/C10H11N3O4S/c1-2-7(6-11)18(16,17)13-8-4-3-5-12-9(8)10(14)15/h3-5,7,13H,2H2,1H3,(H,14,15). The number of aromatic carboxylic acids is 1. The fourth-order valence-corrected chi connectivity index (χ4v) is 2.45. The zero-order chi connectivity index (χ0) is 13.8. The minimum Gasteiger partial charge on any atom is -0.476 e. The van der Waals surface area contributed by atoms with Crippen molar-refractivity contribution in [2.75, 3.05) is 4.72 Å². The highest BCUT2D eigenvalue weighted by molar-refractivity contribution is 7.93. The van der Waals surface area contributed by atoms with E-state index in [0.29, 0.717) is 0 Å². The molecule has 0 spiro atoms. The molecule has 1 aromatic heterocycles. The van der Waals surface area contributed by atoms with E-state index in [9.17, 15) is 13.2 Å². The van der Waals surface area contributed by atoms with Crippen molar-refractivity contribution in [3.63, 3.8) is 0 Å². The van der Waals surface area contributed by atoms with Crippen LogP contribution in [0, 0.1) is 11.3 Å². The first-order chi connectivity index (χ1) is 8.42. The molecule has 1 aromatic rings. The molecule has 0 amide bonds. The van der Waals surface area contributed by atoms with Crippen molar-refractivity contribution < 1.29 is 18.3 Å². The highest BCUT2D eigenvalue weighted by atomic mass is 32.2. The largest absolute Gasteiger partial charge is 0.476 e. The van der Waals surface area contributed by atoms with Gasteiger partial charge in [-0.1, -0.05) is 6.92 Å². The smallest absolute Gasteiger partial charge is 0.356 e. The molecule has 0 aliphatic carbocycles. The van der Waals surface area contributed by atoms with Crippen LogP contribution in [0.3, 0.4) is 0 Å². The van der Waals surface area contributed by atoms with Gasteiger partial charge in [0, 0.05) is 6.20 Å². The molecule has 1 unspecified atom stereocenters. The topological polar surface area (TPSA) is 120 Å². The minimum absolute atomic E-state index is 0.106. The molecule has 0 radical (unpaired) electrons. The van der Waals surface area contributed by atoms with E-state index in [4.69, 9.17) is 10.4 Å². The second-order valence-corrected chi connectivity index (χ2v) is 5.24. The molecule has 1 atom stereocenters. The highest BCUT2D eigenvalue weighted by Gasteiger charge is 2.25. The van der Waals surface area contributed by atoms with Crippen LogP contribution in [0.25, 0.3) is 0 Å². The Morgan fingerprint density at radius 2 is 2.33 bits per heavy atom. The summed E-state index contributed by atoms with van der Waals surface area (Å²) in [6.45, 7) is 1.55. The Morgan fingerprint density at radius 3 is 2.83 bits per heavy atom. The summed E-state index contributed by atoms with van der Waals surface area (Å²) in [6, 6.07) is 4.32. The average molecular weight is 269 g/mol. The van der Waals surface area contributed by atoms with Crippen molar-refractivity contribution in [2.45, 2.75) is 18.6 Å². The van der Waals surface area contributed by atoms with Crippen LogP contribution in [0.5, 0.6) is 0 Å². The third kappa shape index (κ3) is 2.95. The number of nitriles is 1. The molecular weight excluding hydrogens is 258 g/mol. The SMILES string of the molecule is CCC(C#N)S(=O)(=O)Nc1cccnc1C(=O)O. The zero-order valence-electron chi connectivity index (χ0n) is 9.49. The maximum absolute atomic E-state index is 11.8. The molecule has 7 nitrogen and oxygen atoms in total. The Bertz CT molecular complexity index is 591. The quantitative estimate of drug-likeness (QED) is 0.816. The predicted octanol–water partition coefficient (Wildman–Crippen LogP) is 0.824. The van der Waals surface area contributed by atoms with Crippen LogP contribution in [0.15, 0.2) is 18.3 Å². The van der Waals surface area contributed by atoms with Gasteiger partial charge in [0.05, 0.1) is 11.8 Å². The monoisotopic (exact) mass is 269 g/mol. The van der Waals surface area contributed by atoms with E-state index in [1.54, 1.807) is 13.0 Å². The maximum atomic E-state index is 11.8. The van der Waals surface area contributed by atoms with Crippen LogP contribution in [0.4, 0.5) is 5.69 Å². The number of pyridine rings is 1.